The monoisotopic (exact) mass is 202 g/mol. The lowest BCUT2D eigenvalue weighted by molar-refractivity contribution is -0.0700. The molecule has 0 saturated heterocycles. The predicted octanol–water partition coefficient (Wildman–Crippen LogP) is 1.32. The van der Waals surface area contributed by atoms with Crippen LogP contribution in [0.4, 0.5) is 0 Å². The van der Waals surface area contributed by atoms with E-state index in [1.165, 1.54) is 10.1 Å². The Bertz CT molecular complexity index is 149. The maximum absolute atomic E-state index is 11.1. The average Bonchev–Trinajstić information content (AvgIpc) is 1.53. The number of hydrogen-bond acceptors (Lipinski definition) is 5. The van der Waals surface area contributed by atoms with Crippen molar-refractivity contribution in [2.24, 2.45) is 0 Å². The van der Waals surface area contributed by atoms with Crippen LogP contribution in [0.25, 0.3) is 0 Å². The highest BCUT2D eigenvalue weighted by Gasteiger charge is 2.24. The Morgan fingerprint density at radius 1 is 1.09 bits per heavy atom. The standard InChI is InChI=1S/C4H12ClN2O3P/c1-6(2)9-11(5,8)10-7(3)4/h1-4H3. The van der Waals surface area contributed by atoms with Gasteiger partial charge in [0.1, 0.15) is 0 Å². The van der Waals surface area contributed by atoms with Crippen LogP contribution >= 0.6 is 18.2 Å². The molecular weight excluding hydrogens is 190 g/mol. The van der Waals surface area contributed by atoms with Gasteiger partial charge in [-0.15, -0.1) is 0 Å². The van der Waals surface area contributed by atoms with Gasteiger partial charge in [0.2, 0.25) is 0 Å². The van der Waals surface area contributed by atoms with Gasteiger partial charge < -0.3 is 0 Å². The van der Waals surface area contributed by atoms with E-state index in [0.717, 1.165) is 0 Å². The van der Waals surface area contributed by atoms with Crippen molar-refractivity contribution in [1.29, 1.82) is 0 Å². The molecule has 0 aliphatic heterocycles. The molecule has 0 radical (unpaired) electrons. The lowest BCUT2D eigenvalue weighted by atomic mass is 11.2. The van der Waals surface area contributed by atoms with Crippen LogP contribution in [-0.4, -0.2) is 38.3 Å². The van der Waals surface area contributed by atoms with Gasteiger partial charge >= 0.3 is 6.95 Å². The molecule has 11 heavy (non-hydrogen) atoms. The summed E-state index contributed by atoms with van der Waals surface area (Å²) in [6.45, 7) is -3.48. The highest BCUT2D eigenvalue weighted by molar-refractivity contribution is 7.81. The number of hydroxylamine groups is 4. The molecule has 0 aliphatic carbocycles. The molecule has 0 atom stereocenters. The summed E-state index contributed by atoms with van der Waals surface area (Å²) in [5, 5.41) is 2.44. The Kier molecular flexibility index (Phi) is 4.55. The molecule has 0 aromatic heterocycles. The summed E-state index contributed by atoms with van der Waals surface area (Å²) >= 11 is 5.35. The minimum atomic E-state index is -3.48. The summed E-state index contributed by atoms with van der Waals surface area (Å²) < 4.78 is 20.4. The summed E-state index contributed by atoms with van der Waals surface area (Å²) in [5.74, 6) is 0. The fraction of sp³-hybridized carbons (Fsp3) is 1.00. The highest BCUT2D eigenvalue weighted by atomic mass is 35.7. The Morgan fingerprint density at radius 3 is 1.55 bits per heavy atom. The van der Waals surface area contributed by atoms with E-state index in [1.54, 1.807) is 28.2 Å². The Hall–Kier alpha value is 0.360. The molecular formula is C4H12ClN2O3P. The molecule has 0 heterocycles. The van der Waals surface area contributed by atoms with Crippen molar-refractivity contribution in [2.45, 2.75) is 0 Å². The van der Waals surface area contributed by atoms with Crippen molar-refractivity contribution in [3.05, 3.63) is 0 Å². The van der Waals surface area contributed by atoms with E-state index in [2.05, 4.69) is 9.25 Å². The SMILES string of the molecule is CN(C)OP(=O)(Cl)ON(C)C. The maximum atomic E-state index is 11.1. The molecule has 0 N–H and O–H groups in total. The number of rotatable bonds is 4. The smallest absolute Gasteiger partial charge is 0.238 e. The highest BCUT2D eigenvalue weighted by Crippen LogP contribution is 2.54. The molecule has 0 unspecified atom stereocenters. The van der Waals surface area contributed by atoms with Crippen molar-refractivity contribution < 1.29 is 13.8 Å². The normalized spacial score (nSPS) is 13.0. The molecule has 0 fully saturated rings. The van der Waals surface area contributed by atoms with Gasteiger partial charge in [0.05, 0.1) is 0 Å². The Morgan fingerprint density at radius 2 is 1.36 bits per heavy atom. The second-order valence-corrected chi connectivity index (χ2v) is 4.65. The zero-order valence-electron chi connectivity index (χ0n) is 6.94. The summed E-state index contributed by atoms with van der Waals surface area (Å²) in [6.07, 6.45) is 0. The van der Waals surface area contributed by atoms with Crippen molar-refractivity contribution >= 4 is 18.2 Å². The first kappa shape index (κ1) is 11.4. The summed E-state index contributed by atoms with van der Waals surface area (Å²) in [7, 11) is 6.25. The first-order valence-electron chi connectivity index (χ1n) is 2.87. The van der Waals surface area contributed by atoms with Crippen LogP contribution in [0.1, 0.15) is 0 Å². The fourth-order valence-electron chi connectivity index (χ4n) is 0.405. The van der Waals surface area contributed by atoms with E-state index < -0.39 is 6.95 Å². The zero-order chi connectivity index (χ0) is 9.07. The molecule has 0 amide bonds. The number of nitrogens with zero attached hydrogens (tertiary/aromatic N) is 2. The molecule has 0 aliphatic rings. The lowest BCUT2D eigenvalue weighted by Gasteiger charge is -2.17. The topological polar surface area (TPSA) is 42.0 Å². The fourth-order valence-corrected chi connectivity index (χ4v) is 1.96. The summed E-state index contributed by atoms with van der Waals surface area (Å²) in [5.41, 5.74) is 0. The van der Waals surface area contributed by atoms with Crippen molar-refractivity contribution in [1.82, 2.24) is 10.1 Å². The first-order valence-corrected chi connectivity index (χ1v) is 5.32. The molecule has 0 bridgehead atoms. The molecule has 0 aromatic rings. The van der Waals surface area contributed by atoms with Crippen molar-refractivity contribution in [3.8, 4) is 0 Å². The lowest BCUT2D eigenvalue weighted by Crippen LogP contribution is -2.15. The van der Waals surface area contributed by atoms with Crippen LogP contribution in [0.5, 0.6) is 0 Å². The third-order valence-corrected chi connectivity index (χ3v) is 1.94. The van der Waals surface area contributed by atoms with Crippen LogP contribution in [0.2, 0.25) is 0 Å². The molecule has 68 valence electrons. The first-order chi connectivity index (χ1) is 4.83. The van der Waals surface area contributed by atoms with E-state index in [9.17, 15) is 4.57 Å². The zero-order valence-corrected chi connectivity index (χ0v) is 8.59. The van der Waals surface area contributed by atoms with Crippen molar-refractivity contribution in [2.75, 3.05) is 28.2 Å². The second kappa shape index (κ2) is 4.40. The van der Waals surface area contributed by atoms with Crippen LogP contribution in [0.15, 0.2) is 0 Å². The molecule has 0 rings (SSSR count). The summed E-state index contributed by atoms with van der Waals surface area (Å²) in [4.78, 5) is 0. The Labute approximate surface area is 71.0 Å². The quantitative estimate of drug-likeness (QED) is 0.508. The van der Waals surface area contributed by atoms with E-state index in [-0.39, 0.29) is 0 Å². The van der Waals surface area contributed by atoms with Gasteiger partial charge in [0.15, 0.2) is 0 Å². The van der Waals surface area contributed by atoms with Gasteiger partial charge in [0.25, 0.3) is 0 Å². The van der Waals surface area contributed by atoms with Crippen LogP contribution in [0, 0.1) is 0 Å². The third-order valence-electron chi connectivity index (χ3n) is 0.522. The molecule has 0 aromatic carbocycles. The van der Waals surface area contributed by atoms with E-state index >= 15 is 0 Å². The number of hydrogen-bond donors (Lipinski definition) is 0. The van der Waals surface area contributed by atoms with E-state index in [1.807, 2.05) is 0 Å². The molecule has 0 saturated carbocycles. The second-order valence-electron chi connectivity index (χ2n) is 2.22. The largest absolute Gasteiger partial charge is 0.457 e. The van der Waals surface area contributed by atoms with Crippen molar-refractivity contribution in [3.63, 3.8) is 0 Å². The molecule has 0 spiro atoms. The van der Waals surface area contributed by atoms with Crippen LogP contribution < -0.4 is 0 Å². The van der Waals surface area contributed by atoms with Gasteiger partial charge in [-0.2, -0.15) is 10.1 Å². The molecule has 5 nitrogen and oxygen atoms in total. The molecule has 7 heteroatoms. The minimum Gasteiger partial charge on any atom is -0.238 e. The minimum absolute atomic E-state index is 1.22. The van der Waals surface area contributed by atoms with Crippen LogP contribution in [0.3, 0.4) is 0 Å². The average molecular weight is 203 g/mol. The number of halogens is 1. The van der Waals surface area contributed by atoms with Crippen LogP contribution in [-0.2, 0) is 13.8 Å². The summed E-state index contributed by atoms with van der Waals surface area (Å²) in [6, 6.07) is 0. The van der Waals surface area contributed by atoms with Gasteiger partial charge in [0, 0.05) is 39.4 Å². The van der Waals surface area contributed by atoms with E-state index in [4.69, 9.17) is 11.2 Å². The van der Waals surface area contributed by atoms with Gasteiger partial charge in [-0.1, -0.05) is 0 Å². The van der Waals surface area contributed by atoms with Gasteiger partial charge in [-0.25, -0.2) is 13.8 Å². The van der Waals surface area contributed by atoms with E-state index in [0.29, 0.717) is 0 Å². The Balaban J connectivity index is 3.91. The van der Waals surface area contributed by atoms with Gasteiger partial charge in [-0.3, -0.25) is 0 Å². The maximum Gasteiger partial charge on any atom is 0.457 e. The van der Waals surface area contributed by atoms with Gasteiger partial charge in [-0.05, 0) is 0 Å². The third kappa shape index (κ3) is 6.75. The predicted molar refractivity (Wildman–Crippen MR) is 43.0 cm³/mol.